The predicted octanol–water partition coefficient (Wildman–Crippen LogP) is 3.38. The van der Waals surface area contributed by atoms with E-state index in [2.05, 4.69) is 20.0 Å². The lowest BCUT2D eigenvalue weighted by Crippen LogP contribution is -2.17. The summed E-state index contributed by atoms with van der Waals surface area (Å²) in [5.74, 6) is -0.144. The van der Waals surface area contributed by atoms with Crippen molar-refractivity contribution in [1.29, 1.82) is 0 Å². The van der Waals surface area contributed by atoms with Gasteiger partial charge in [0.2, 0.25) is 11.9 Å². The van der Waals surface area contributed by atoms with Crippen molar-refractivity contribution in [2.75, 3.05) is 10.0 Å². The summed E-state index contributed by atoms with van der Waals surface area (Å²) < 4.78 is 27.5. The quantitative estimate of drug-likeness (QED) is 0.649. The molecule has 1 amide bonds. The second-order valence-electron chi connectivity index (χ2n) is 6.76. The van der Waals surface area contributed by atoms with Gasteiger partial charge in [-0.05, 0) is 62.2 Å². The molecule has 8 heteroatoms. The summed E-state index contributed by atoms with van der Waals surface area (Å²) in [7, 11) is -3.83. The van der Waals surface area contributed by atoms with Crippen LogP contribution in [0, 0.1) is 20.8 Å². The van der Waals surface area contributed by atoms with Crippen LogP contribution < -0.4 is 10.0 Å². The molecule has 0 radical (unpaired) electrons. The number of anilines is 2. The number of aryl methyl sites for hydroxylation is 3. The van der Waals surface area contributed by atoms with Gasteiger partial charge < -0.3 is 5.32 Å². The van der Waals surface area contributed by atoms with Crippen molar-refractivity contribution in [3.63, 3.8) is 0 Å². The van der Waals surface area contributed by atoms with Crippen molar-refractivity contribution >= 4 is 27.6 Å². The Morgan fingerprint density at radius 3 is 2.17 bits per heavy atom. The maximum absolute atomic E-state index is 12.6. The Kier molecular flexibility index (Phi) is 5.93. The molecule has 3 aromatic rings. The molecule has 2 aromatic carbocycles. The average molecular weight is 410 g/mol. The Labute approximate surface area is 170 Å². The summed E-state index contributed by atoms with van der Waals surface area (Å²) in [5, 5.41) is 2.78. The number of benzene rings is 2. The monoisotopic (exact) mass is 410 g/mol. The Hall–Kier alpha value is -3.26. The molecule has 7 nitrogen and oxygen atoms in total. The fraction of sp³-hybridized carbons (Fsp3) is 0.190. The van der Waals surface area contributed by atoms with Crippen molar-refractivity contribution in [2.24, 2.45) is 0 Å². The molecule has 0 aliphatic heterocycles. The lowest BCUT2D eigenvalue weighted by Gasteiger charge is -2.10. The zero-order valence-corrected chi connectivity index (χ0v) is 17.2. The summed E-state index contributed by atoms with van der Waals surface area (Å²) in [6.45, 7) is 5.48. The zero-order valence-electron chi connectivity index (χ0n) is 16.4. The average Bonchev–Trinajstić information content (AvgIpc) is 2.63. The van der Waals surface area contributed by atoms with E-state index in [4.69, 9.17) is 0 Å². The molecule has 1 heterocycles. The number of amides is 1. The molecule has 0 spiro atoms. The van der Waals surface area contributed by atoms with Gasteiger partial charge in [0.15, 0.2) is 0 Å². The fourth-order valence-corrected chi connectivity index (χ4v) is 3.80. The SMILES string of the molecule is Cc1cc(C)nc(NS(=O)(=O)c2ccc(NC(=O)Cc3ccccc3C)cc2)n1. The standard InChI is InChI=1S/C21H22N4O3S/c1-14-6-4-5-7-17(14)13-20(26)24-18-8-10-19(11-9-18)29(27,28)25-21-22-15(2)12-16(3)23-21/h4-12H,13H2,1-3H3,(H,24,26)(H,22,23,25). The van der Waals surface area contributed by atoms with E-state index >= 15 is 0 Å². The van der Waals surface area contributed by atoms with Crippen molar-refractivity contribution in [2.45, 2.75) is 32.1 Å². The topological polar surface area (TPSA) is 101 Å². The van der Waals surface area contributed by atoms with Gasteiger partial charge >= 0.3 is 0 Å². The van der Waals surface area contributed by atoms with E-state index in [1.807, 2.05) is 31.2 Å². The lowest BCUT2D eigenvalue weighted by atomic mass is 10.1. The normalized spacial score (nSPS) is 11.1. The van der Waals surface area contributed by atoms with Crippen LogP contribution in [0.4, 0.5) is 11.6 Å². The molecule has 0 fully saturated rings. The number of hydrogen-bond acceptors (Lipinski definition) is 5. The van der Waals surface area contributed by atoms with Gasteiger partial charge in [0.05, 0.1) is 11.3 Å². The van der Waals surface area contributed by atoms with E-state index in [0.29, 0.717) is 17.1 Å². The van der Waals surface area contributed by atoms with Crippen LogP contribution in [0.2, 0.25) is 0 Å². The Morgan fingerprint density at radius 1 is 0.931 bits per heavy atom. The molecule has 0 saturated carbocycles. The molecule has 0 bridgehead atoms. The van der Waals surface area contributed by atoms with Crippen LogP contribution in [0.25, 0.3) is 0 Å². The molecular formula is C21H22N4O3S. The first kappa shape index (κ1) is 20.5. The summed E-state index contributed by atoms with van der Waals surface area (Å²) in [5.41, 5.74) is 3.85. The minimum atomic E-state index is -3.83. The second kappa shape index (κ2) is 8.40. The summed E-state index contributed by atoms with van der Waals surface area (Å²) in [4.78, 5) is 20.5. The van der Waals surface area contributed by atoms with Crippen molar-refractivity contribution in [3.8, 4) is 0 Å². The van der Waals surface area contributed by atoms with Crippen LogP contribution in [0.3, 0.4) is 0 Å². The molecule has 150 valence electrons. The number of carbonyl (C=O) groups excluding carboxylic acids is 1. The van der Waals surface area contributed by atoms with Crippen LogP contribution in [-0.2, 0) is 21.2 Å². The molecule has 29 heavy (non-hydrogen) atoms. The molecule has 0 saturated heterocycles. The Morgan fingerprint density at radius 2 is 1.55 bits per heavy atom. The molecule has 0 aliphatic rings. The molecular weight excluding hydrogens is 388 g/mol. The third-order valence-electron chi connectivity index (χ3n) is 4.27. The van der Waals surface area contributed by atoms with E-state index in [9.17, 15) is 13.2 Å². The third kappa shape index (κ3) is 5.39. The highest BCUT2D eigenvalue weighted by molar-refractivity contribution is 7.92. The number of rotatable bonds is 6. The maximum Gasteiger partial charge on any atom is 0.264 e. The number of carbonyl (C=O) groups is 1. The molecule has 1 aromatic heterocycles. The van der Waals surface area contributed by atoms with E-state index < -0.39 is 10.0 Å². The minimum absolute atomic E-state index is 0.0260. The second-order valence-corrected chi connectivity index (χ2v) is 8.44. The van der Waals surface area contributed by atoms with Gasteiger partial charge in [-0.3, -0.25) is 4.79 Å². The van der Waals surface area contributed by atoms with E-state index in [1.165, 1.54) is 12.1 Å². The van der Waals surface area contributed by atoms with Gasteiger partial charge in [-0.1, -0.05) is 24.3 Å². The Balaban J connectivity index is 1.69. The zero-order chi connectivity index (χ0) is 21.0. The minimum Gasteiger partial charge on any atom is -0.326 e. The number of hydrogen-bond donors (Lipinski definition) is 2. The van der Waals surface area contributed by atoms with E-state index in [1.54, 1.807) is 32.0 Å². The number of aromatic nitrogens is 2. The number of nitrogens with zero attached hydrogens (tertiary/aromatic N) is 2. The van der Waals surface area contributed by atoms with Crippen LogP contribution in [0.15, 0.2) is 59.5 Å². The number of nitrogens with one attached hydrogen (secondary N) is 2. The number of sulfonamides is 1. The first-order chi connectivity index (χ1) is 13.7. The van der Waals surface area contributed by atoms with Crippen molar-refractivity contribution in [1.82, 2.24) is 9.97 Å². The maximum atomic E-state index is 12.6. The van der Waals surface area contributed by atoms with Crippen LogP contribution in [-0.4, -0.2) is 24.3 Å². The van der Waals surface area contributed by atoms with Gasteiger partial charge in [0.1, 0.15) is 0 Å². The summed E-state index contributed by atoms with van der Waals surface area (Å²) in [6.07, 6.45) is 0.248. The van der Waals surface area contributed by atoms with Crippen molar-refractivity contribution in [3.05, 3.63) is 77.1 Å². The Bertz CT molecular complexity index is 1120. The van der Waals surface area contributed by atoms with Gasteiger partial charge in [-0.25, -0.2) is 23.1 Å². The van der Waals surface area contributed by atoms with Crippen LogP contribution >= 0.6 is 0 Å². The van der Waals surface area contributed by atoms with E-state index in [0.717, 1.165) is 11.1 Å². The largest absolute Gasteiger partial charge is 0.326 e. The summed E-state index contributed by atoms with van der Waals surface area (Å²) in [6, 6.07) is 15.4. The molecule has 0 atom stereocenters. The van der Waals surface area contributed by atoms with Crippen molar-refractivity contribution < 1.29 is 13.2 Å². The first-order valence-electron chi connectivity index (χ1n) is 9.02. The fourth-order valence-electron chi connectivity index (χ4n) is 2.85. The molecule has 3 rings (SSSR count). The van der Waals surface area contributed by atoms with Gasteiger partial charge in [0, 0.05) is 17.1 Å². The summed E-state index contributed by atoms with van der Waals surface area (Å²) >= 11 is 0. The van der Waals surface area contributed by atoms with Crippen LogP contribution in [0.5, 0.6) is 0 Å². The predicted molar refractivity (Wildman–Crippen MR) is 112 cm³/mol. The highest BCUT2D eigenvalue weighted by Crippen LogP contribution is 2.17. The van der Waals surface area contributed by atoms with Gasteiger partial charge in [-0.2, -0.15) is 0 Å². The molecule has 2 N–H and O–H groups in total. The first-order valence-corrected chi connectivity index (χ1v) is 10.5. The smallest absolute Gasteiger partial charge is 0.264 e. The molecule has 0 unspecified atom stereocenters. The third-order valence-corrected chi connectivity index (χ3v) is 5.61. The van der Waals surface area contributed by atoms with Gasteiger partial charge in [-0.15, -0.1) is 0 Å². The lowest BCUT2D eigenvalue weighted by molar-refractivity contribution is -0.115. The van der Waals surface area contributed by atoms with E-state index in [-0.39, 0.29) is 23.2 Å². The molecule has 0 aliphatic carbocycles. The van der Waals surface area contributed by atoms with Crippen LogP contribution in [0.1, 0.15) is 22.5 Å². The van der Waals surface area contributed by atoms with Gasteiger partial charge in [0.25, 0.3) is 10.0 Å². The highest BCUT2D eigenvalue weighted by Gasteiger charge is 2.16. The highest BCUT2D eigenvalue weighted by atomic mass is 32.2.